The van der Waals surface area contributed by atoms with Crippen LogP contribution in [-0.4, -0.2) is 6.29 Å². The second-order valence-electron chi connectivity index (χ2n) is 5.22. The van der Waals surface area contributed by atoms with Crippen molar-refractivity contribution < 1.29 is 4.79 Å². The minimum absolute atomic E-state index is 0.0571. The molecule has 1 nitrogen and oxygen atoms in total. The Balaban J connectivity index is 2.45. The highest BCUT2D eigenvalue weighted by Crippen LogP contribution is 2.56. The maximum Gasteiger partial charge on any atom is 0.125 e. The van der Waals surface area contributed by atoms with Crippen LogP contribution in [0.1, 0.15) is 47.0 Å². The molecule has 1 heteroatoms. The second-order valence-corrected chi connectivity index (χ2v) is 5.22. The molecule has 1 aliphatic carbocycles. The summed E-state index contributed by atoms with van der Waals surface area (Å²) in [5.74, 6) is 0.785. The van der Waals surface area contributed by atoms with Crippen LogP contribution < -0.4 is 0 Å². The van der Waals surface area contributed by atoms with E-state index >= 15 is 0 Å². The summed E-state index contributed by atoms with van der Waals surface area (Å²) < 4.78 is 0. The Morgan fingerprint density at radius 2 is 2.08 bits per heavy atom. The van der Waals surface area contributed by atoms with Crippen LogP contribution in [0.2, 0.25) is 0 Å². The van der Waals surface area contributed by atoms with Gasteiger partial charge in [-0.3, -0.25) is 0 Å². The van der Waals surface area contributed by atoms with E-state index in [1.54, 1.807) is 0 Å². The van der Waals surface area contributed by atoms with Gasteiger partial charge in [0, 0.05) is 5.41 Å². The molecular weight excluding hydrogens is 148 g/mol. The molecule has 1 aliphatic rings. The van der Waals surface area contributed by atoms with Gasteiger partial charge in [-0.05, 0) is 30.6 Å². The summed E-state index contributed by atoms with van der Waals surface area (Å²) in [5.41, 5.74) is 0.456. The van der Waals surface area contributed by atoms with Crippen LogP contribution in [0.3, 0.4) is 0 Å². The Hall–Kier alpha value is -0.330. The lowest BCUT2D eigenvalue weighted by molar-refractivity contribution is -0.116. The smallest absolute Gasteiger partial charge is 0.125 e. The van der Waals surface area contributed by atoms with Gasteiger partial charge in [0.15, 0.2) is 0 Å². The van der Waals surface area contributed by atoms with Crippen molar-refractivity contribution in [3.05, 3.63) is 0 Å². The molecule has 0 N–H and O–H groups in total. The molecule has 1 rings (SSSR count). The number of carbonyl (C=O) groups excluding carboxylic acids is 1. The average molecular weight is 168 g/mol. The lowest BCUT2D eigenvalue weighted by Gasteiger charge is -2.21. The monoisotopic (exact) mass is 168 g/mol. The van der Waals surface area contributed by atoms with Crippen molar-refractivity contribution in [2.45, 2.75) is 47.0 Å². The molecule has 1 saturated carbocycles. The zero-order valence-electron chi connectivity index (χ0n) is 8.68. The van der Waals surface area contributed by atoms with Crippen molar-refractivity contribution in [3.8, 4) is 0 Å². The Kier molecular flexibility index (Phi) is 2.33. The molecule has 2 atom stereocenters. The standard InChI is InChI=1S/C11H20O/c1-5-11(4,8-12)7-9-6-10(9,2)3/h8-9H,5-7H2,1-4H3. The molecule has 0 radical (unpaired) electrons. The van der Waals surface area contributed by atoms with Crippen LogP contribution in [-0.2, 0) is 4.79 Å². The molecule has 0 heterocycles. The first-order chi connectivity index (χ1) is 5.43. The van der Waals surface area contributed by atoms with Gasteiger partial charge >= 0.3 is 0 Å². The van der Waals surface area contributed by atoms with Crippen LogP contribution in [0, 0.1) is 16.7 Å². The summed E-state index contributed by atoms with van der Waals surface area (Å²) in [6.07, 6.45) is 4.50. The largest absolute Gasteiger partial charge is 0.303 e. The summed E-state index contributed by atoms with van der Waals surface area (Å²) in [7, 11) is 0. The van der Waals surface area contributed by atoms with Gasteiger partial charge in [-0.15, -0.1) is 0 Å². The van der Waals surface area contributed by atoms with Crippen molar-refractivity contribution >= 4 is 6.29 Å². The van der Waals surface area contributed by atoms with E-state index in [4.69, 9.17) is 0 Å². The Labute approximate surface area is 75.5 Å². The van der Waals surface area contributed by atoms with Crippen molar-refractivity contribution in [3.63, 3.8) is 0 Å². The van der Waals surface area contributed by atoms with Crippen molar-refractivity contribution in [2.24, 2.45) is 16.7 Å². The molecule has 0 amide bonds. The van der Waals surface area contributed by atoms with Gasteiger partial charge in [-0.2, -0.15) is 0 Å². The molecule has 0 saturated heterocycles. The first kappa shape index (κ1) is 9.76. The van der Waals surface area contributed by atoms with Gasteiger partial charge in [0.25, 0.3) is 0 Å². The van der Waals surface area contributed by atoms with Gasteiger partial charge in [0.2, 0.25) is 0 Å². The number of aldehydes is 1. The van der Waals surface area contributed by atoms with Crippen LogP contribution in [0.5, 0.6) is 0 Å². The van der Waals surface area contributed by atoms with Crippen LogP contribution in [0.15, 0.2) is 0 Å². The third kappa shape index (κ3) is 1.88. The van der Waals surface area contributed by atoms with E-state index in [0.717, 1.165) is 25.0 Å². The maximum atomic E-state index is 10.8. The predicted molar refractivity (Wildman–Crippen MR) is 51.0 cm³/mol. The second kappa shape index (κ2) is 2.86. The zero-order chi connectivity index (χ0) is 9.41. The van der Waals surface area contributed by atoms with Gasteiger partial charge in [-0.1, -0.05) is 27.7 Å². The quantitative estimate of drug-likeness (QED) is 0.590. The van der Waals surface area contributed by atoms with Gasteiger partial charge in [-0.25, -0.2) is 0 Å². The molecule has 0 aromatic heterocycles. The summed E-state index contributed by atoms with van der Waals surface area (Å²) in [6, 6.07) is 0. The van der Waals surface area contributed by atoms with Gasteiger partial charge in [0.05, 0.1) is 0 Å². The lowest BCUT2D eigenvalue weighted by atomic mass is 9.82. The Bertz CT molecular complexity index is 183. The third-order valence-electron chi connectivity index (χ3n) is 3.52. The van der Waals surface area contributed by atoms with Crippen LogP contribution in [0.4, 0.5) is 0 Å². The number of carbonyl (C=O) groups is 1. The molecule has 0 aromatic rings. The fraction of sp³-hybridized carbons (Fsp3) is 0.909. The molecule has 0 aliphatic heterocycles. The topological polar surface area (TPSA) is 17.1 Å². The minimum atomic E-state index is -0.0571. The van der Waals surface area contributed by atoms with Gasteiger partial charge in [0.1, 0.15) is 6.29 Å². The highest BCUT2D eigenvalue weighted by Gasteiger charge is 2.47. The maximum absolute atomic E-state index is 10.8. The first-order valence-electron chi connectivity index (χ1n) is 4.90. The molecule has 12 heavy (non-hydrogen) atoms. The van der Waals surface area contributed by atoms with E-state index < -0.39 is 0 Å². The fourth-order valence-corrected chi connectivity index (χ4v) is 1.76. The molecule has 0 bridgehead atoms. The van der Waals surface area contributed by atoms with E-state index in [0.29, 0.717) is 5.41 Å². The molecule has 2 unspecified atom stereocenters. The van der Waals surface area contributed by atoms with Crippen molar-refractivity contribution in [1.29, 1.82) is 0 Å². The predicted octanol–water partition coefficient (Wildman–Crippen LogP) is 3.04. The normalized spacial score (nSPS) is 30.8. The van der Waals surface area contributed by atoms with E-state index in [1.165, 1.54) is 6.42 Å². The summed E-state index contributed by atoms with van der Waals surface area (Å²) in [5, 5.41) is 0. The van der Waals surface area contributed by atoms with E-state index in [-0.39, 0.29) is 5.41 Å². The fourth-order valence-electron chi connectivity index (χ4n) is 1.76. The molecule has 70 valence electrons. The Morgan fingerprint density at radius 3 is 2.33 bits per heavy atom. The molecular formula is C11H20O. The van der Waals surface area contributed by atoms with E-state index in [2.05, 4.69) is 27.7 Å². The first-order valence-corrected chi connectivity index (χ1v) is 4.90. The van der Waals surface area contributed by atoms with Crippen molar-refractivity contribution in [2.75, 3.05) is 0 Å². The zero-order valence-corrected chi connectivity index (χ0v) is 8.68. The van der Waals surface area contributed by atoms with Crippen LogP contribution >= 0.6 is 0 Å². The molecule has 1 fully saturated rings. The van der Waals surface area contributed by atoms with E-state index in [9.17, 15) is 4.79 Å². The highest BCUT2D eigenvalue weighted by atomic mass is 16.1. The molecule has 0 spiro atoms. The highest BCUT2D eigenvalue weighted by molar-refractivity contribution is 5.58. The van der Waals surface area contributed by atoms with Crippen molar-refractivity contribution in [1.82, 2.24) is 0 Å². The number of hydrogen-bond donors (Lipinski definition) is 0. The summed E-state index contributed by atoms with van der Waals surface area (Å²) in [4.78, 5) is 10.8. The molecule has 0 aromatic carbocycles. The average Bonchev–Trinajstić information content (AvgIpc) is 2.58. The number of rotatable bonds is 4. The SMILES string of the molecule is CCC(C)(C=O)CC1CC1(C)C. The third-order valence-corrected chi connectivity index (χ3v) is 3.52. The summed E-state index contributed by atoms with van der Waals surface area (Å²) in [6.45, 7) is 8.76. The van der Waals surface area contributed by atoms with Gasteiger partial charge < -0.3 is 4.79 Å². The van der Waals surface area contributed by atoms with E-state index in [1.807, 2.05) is 0 Å². The minimum Gasteiger partial charge on any atom is -0.303 e. The Morgan fingerprint density at radius 1 is 1.58 bits per heavy atom. The lowest BCUT2D eigenvalue weighted by Crippen LogP contribution is -2.18. The summed E-state index contributed by atoms with van der Waals surface area (Å²) >= 11 is 0. The van der Waals surface area contributed by atoms with Crippen LogP contribution in [0.25, 0.3) is 0 Å². The number of hydrogen-bond acceptors (Lipinski definition) is 1.